The molecule has 0 saturated heterocycles. The summed E-state index contributed by atoms with van der Waals surface area (Å²) in [6.45, 7) is 2.94. The van der Waals surface area contributed by atoms with Gasteiger partial charge in [0.25, 0.3) is 5.91 Å². The summed E-state index contributed by atoms with van der Waals surface area (Å²) in [6, 6.07) is 18.6. The molecule has 34 heavy (non-hydrogen) atoms. The van der Waals surface area contributed by atoms with Gasteiger partial charge in [-0.15, -0.1) is 0 Å². The predicted octanol–water partition coefficient (Wildman–Crippen LogP) is 4.36. The molecule has 2 aromatic carbocycles. The van der Waals surface area contributed by atoms with Crippen molar-refractivity contribution in [1.29, 1.82) is 0 Å². The van der Waals surface area contributed by atoms with Crippen molar-refractivity contribution in [3.63, 3.8) is 0 Å². The summed E-state index contributed by atoms with van der Waals surface area (Å²) >= 11 is 0. The van der Waals surface area contributed by atoms with Crippen molar-refractivity contribution < 1.29 is 23.7 Å². The number of rotatable bonds is 8. The van der Waals surface area contributed by atoms with Gasteiger partial charge in [-0.25, -0.2) is 4.98 Å². The number of anilines is 1. The van der Waals surface area contributed by atoms with Gasteiger partial charge in [-0.05, 0) is 48.9 Å². The Kier molecular flexibility index (Phi) is 5.95. The van der Waals surface area contributed by atoms with Crippen molar-refractivity contribution in [3.05, 3.63) is 78.1 Å². The number of amides is 1. The number of aromatic nitrogens is 2. The molecule has 0 atom stereocenters. The Labute approximate surface area is 197 Å². The fourth-order valence-corrected chi connectivity index (χ4v) is 3.93. The highest BCUT2D eigenvalue weighted by Crippen LogP contribution is 2.34. The summed E-state index contributed by atoms with van der Waals surface area (Å²) in [7, 11) is 1.75. The largest absolute Gasteiger partial charge is 0.490 e. The molecule has 2 aromatic heterocycles. The second kappa shape index (κ2) is 9.35. The number of aryl methyl sites for hydroxylation is 1. The first kappa shape index (κ1) is 21.6. The summed E-state index contributed by atoms with van der Waals surface area (Å²) in [4.78, 5) is 19.7. The van der Waals surface area contributed by atoms with Crippen LogP contribution in [0.4, 0.5) is 5.82 Å². The molecular formula is C26H25N3O5. The van der Waals surface area contributed by atoms with Crippen molar-refractivity contribution in [2.24, 2.45) is 0 Å². The van der Waals surface area contributed by atoms with Gasteiger partial charge in [-0.3, -0.25) is 14.1 Å². The van der Waals surface area contributed by atoms with E-state index in [1.54, 1.807) is 30.1 Å². The Balaban J connectivity index is 1.37. The molecule has 4 aromatic rings. The number of imidazole rings is 1. The number of nitrogens with zero attached hydrogens (tertiary/aromatic N) is 3. The van der Waals surface area contributed by atoms with Gasteiger partial charge in [-0.2, -0.15) is 0 Å². The van der Waals surface area contributed by atoms with Crippen LogP contribution in [0.1, 0.15) is 23.0 Å². The molecule has 1 amide bonds. The highest BCUT2D eigenvalue weighted by molar-refractivity contribution is 6.06. The van der Waals surface area contributed by atoms with Crippen LogP contribution in [0.5, 0.6) is 23.0 Å². The van der Waals surface area contributed by atoms with Crippen LogP contribution >= 0.6 is 0 Å². The number of pyridine rings is 1. The molecule has 8 heteroatoms. The molecule has 174 valence electrons. The monoisotopic (exact) mass is 459 g/mol. The van der Waals surface area contributed by atoms with Gasteiger partial charge in [0.2, 0.25) is 6.79 Å². The maximum atomic E-state index is 13.3. The highest BCUT2D eigenvalue weighted by atomic mass is 16.7. The quantitative estimate of drug-likeness (QED) is 0.365. The van der Waals surface area contributed by atoms with E-state index in [1.165, 1.54) is 0 Å². The summed E-state index contributed by atoms with van der Waals surface area (Å²) in [5, 5.41) is 0. The van der Waals surface area contributed by atoms with Crippen LogP contribution < -0.4 is 23.8 Å². The van der Waals surface area contributed by atoms with Gasteiger partial charge >= 0.3 is 0 Å². The van der Waals surface area contributed by atoms with Crippen molar-refractivity contribution in [3.8, 4) is 23.0 Å². The Morgan fingerprint density at radius 1 is 1.03 bits per heavy atom. The lowest BCUT2D eigenvalue weighted by Gasteiger charge is -2.19. The fourth-order valence-electron chi connectivity index (χ4n) is 3.93. The van der Waals surface area contributed by atoms with E-state index in [1.807, 2.05) is 60.0 Å². The van der Waals surface area contributed by atoms with E-state index in [9.17, 15) is 4.79 Å². The maximum absolute atomic E-state index is 13.3. The fraction of sp³-hybridized carbons (Fsp3) is 0.231. The van der Waals surface area contributed by atoms with E-state index in [0.717, 1.165) is 11.4 Å². The maximum Gasteiger partial charge on any atom is 0.259 e. The normalized spacial score (nSPS) is 12.1. The molecule has 0 aliphatic carbocycles. The van der Waals surface area contributed by atoms with Crippen LogP contribution in [-0.4, -0.2) is 42.3 Å². The number of para-hydroxylation sites is 1. The lowest BCUT2D eigenvalue weighted by Crippen LogP contribution is -2.28. The van der Waals surface area contributed by atoms with E-state index in [-0.39, 0.29) is 12.7 Å². The Morgan fingerprint density at radius 3 is 2.65 bits per heavy atom. The molecule has 0 unspecified atom stereocenters. The van der Waals surface area contributed by atoms with Crippen molar-refractivity contribution in [2.45, 2.75) is 13.3 Å². The minimum absolute atomic E-state index is 0.162. The topological polar surface area (TPSA) is 74.5 Å². The molecule has 8 nitrogen and oxygen atoms in total. The van der Waals surface area contributed by atoms with Crippen LogP contribution in [0, 0.1) is 0 Å². The van der Waals surface area contributed by atoms with E-state index < -0.39 is 0 Å². The van der Waals surface area contributed by atoms with Gasteiger partial charge in [0.05, 0.1) is 5.69 Å². The Morgan fingerprint density at radius 2 is 1.82 bits per heavy atom. The third-order valence-corrected chi connectivity index (χ3v) is 5.59. The smallest absolute Gasteiger partial charge is 0.259 e. The number of hydrogen-bond donors (Lipinski definition) is 0. The zero-order chi connectivity index (χ0) is 23.5. The molecule has 3 heterocycles. The third-order valence-electron chi connectivity index (χ3n) is 5.59. The SMILES string of the molecule is CCc1nc2c(OCCOc3ccccc3)cccn2c1N(C)C(=O)c1ccc2c(c1)OCO2. The van der Waals surface area contributed by atoms with E-state index in [4.69, 9.17) is 23.9 Å². The van der Waals surface area contributed by atoms with E-state index in [2.05, 4.69) is 0 Å². The van der Waals surface area contributed by atoms with Crippen LogP contribution in [0.2, 0.25) is 0 Å². The molecule has 0 fully saturated rings. The molecule has 0 N–H and O–H groups in total. The number of carbonyl (C=O) groups is 1. The average molecular weight is 460 g/mol. The summed E-state index contributed by atoms with van der Waals surface area (Å²) < 4.78 is 24.4. The molecule has 1 aliphatic rings. The molecule has 0 saturated carbocycles. The summed E-state index contributed by atoms with van der Waals surface area (Å²) in [5.41, 5.74) is 1.96. The van der Waals surface area contributed by atoms with Crippen LogP contribution in [-0.2, 0) is 6.42 Å². The first-order valence-corrected chi connectivity index (χ1v) is 11.1. The van der Waals surface area contributed by atoms with Crippen molar-refractivity contribution >= 4 is 17.4 Å². The number of ether oxygens (including phenoxy) is 4. The lowest BCUT2D eigenvalue weighted by molar-refractivity contribution is 0.0991. The number of carbonyl (C=O) groups excluding carboxylic acids is 1. The van der Waals surface area contributed by atoms with Gasteiger partial charge in [0.1, 0.15) is 24.8 Å². The van der Waals surface area contributed by atoms with Crippen LogP contribution in [0.15, 0.2) is 66.9 Å². The molecule has 0 spiro atoms. The van der Waals surface area contributed by atoms with Gasteiger partial charge in [0, 0.05) is 18.8 Å². The first-order valence-electron chi connectivity index (χ1n) is 11.1. The zero-order valence-corrected chi connectivity index (χ0v) is 19.1. The predicted molar refractivity (Wildman–Crippen MR) is 127 cm³/mol. The number of fused-ring (bicyclic) bond motifs is 2. The minimum Gasteiger partial charge on any atom is -0.490 e. The Bertz CT molecular complexity index is 1320. The second-order valence-corrected chi connectivity index (χ2v) is 7.74. The molecule has 0 bridgehead atoms. The van der Waals surface area contributed by atoms with Crippen LogP contribution in [0.25, 0.3) is 5.65 Å². The third kappa shape index (κ3) is 4.10. The van der Waals surface area contributed by atoms with Gasteiger partial charge in [-0.1, -0.05) is 25.1 Å². The van der Waals surface area contributed by atoms with E-state index in [0.29, 0.717) is 53.9 Å². The number of hydrogen-bond acceptors (Lipinski definition) is 6. The van der Waals surface area contributed by atoms with Crippen LogP contribution in [0.3, 0.4) is 0 Å². The molecule has 1 aliphatic heterocycles. The first-order chi connectivity index (χ1) is 16.7. The van der Waals surface area contributed by atoms with Gasteiger partial charge in [0.15, 0.2) is 22.9 Å². The lowest BCUT2D eigenvalue weighted by atomic mass is 10.1. The molecule has 5 rings (SSSR count). The van der Waals surface area contributed by atoms with Crippen molar-refractivity contribution in [1.82, 2.24) is 9.38 Å². The van der Waals surface area contributed by atoms with Crippen molar-refractivity contribution in [2.75, 3.05) is 32.0 Å². The average Bonchev–Trinajstić information content (AvgIpc) is 3.50. The Hall–Kier alpha value is -4.20. The zero-order valence-electron chi connectivity index (χ0n) is 19.1. The standard InChI is InChI=1S/C26H25N3O5/c1-3-20-25(28(2)26(30)18-11-12-21-23(16-18)34-17-33-21)29-13-7-10-22(24(29)27-20)32-15-14-31-19-8-5-4-6-9-19/h4-13,16H,3,14-15,17H2,1-2H3. The minimum atomic E-state index is -0.169. The van der Waals surface area contributed by atoms with Gasteiger partial charge < -0.3 is 18.9 Å². The summed E-state index contributed by atoms with van der Waals surface area (Å²) in [6.07, 6.45) is 2.54. The molecule has 0 radical (unpaired) electrons. The highest BCUT2D eigenvalue weighted by Gasteiger charge is 2.24. The number of benzene rings is 2. The summed E-state index contributed by atoms with van der Waals surface area (Å²) in [5.74, 6) is 3.17. The van der Waals surface area contributed by atoms with E-state index >= 15 is 0 Å². The molecular weight excluding hydrogens is 434 g/mol. The second-order valence-electron chi connectivity index (χ2n) is 7.74.